The van der Waals surface area contributed by atoms with Gasteiger partial charge in [-0.1, -0.05) is 35.3 Å². The lowest BCUT2D eigenvalue weighted by Gasteiger charge is -2.14. The quantitative estimate of drug-likeness (QED) is 0.826. The number of sulfonamides is 1. The molecular formula is C14H14Cl2N2O2S. The number of nitrogens with one attached hydrogen (secondary N) is 1. The van der Waals surface area contributed by atoms with Crippen LogP contribution in [0, 0.1) is 13.8 Å². The van der Waals surface area contributed by atoms with Crippen molar-refractivity contribution >= 4 is 44.6 Å². The van der Waals surface area contributed by atoms with Gasteiger partial charge in [0.15, 0.2) is 0 Å². The summed E-state index contributed by atoms with van der Waals surface area (Å²) < 4.78 is 27.3. The fourth-order valence-electron chi connectivity index (χ4n) is 1.87. The Labute approximate surface area is 133 Å². The van der Waals surface area contributed by atoms with Gasteiger partial charge < -0.3 is 5.73 Å². The summed E-state index contributed by atoms with van der Waals surface area (Å²) >= 11 is 11.8. The van der Waals surface area contributed by atoms with Crippen molar-refractivity contribution in [2.45, 2.75) is 18.7 Å². The van der Waals surface area contributed by atoms with Crippen LogP contribution in [0.2, 0.25) is 10.0 Å². The summed E-state index contributed by atoms with van der Waals surface area (Å²) in [4.78, 5) is -0.0739. The van der Waals surface area contributed by atoms with E-state index in [0.717, 1.165) is 5.56 Å². The second kappa shape index (κ2) is 5.75. The Balaban J connectivity index is 2.48. The van der Waals surface area contributed by atoms with Gasteiger partial charge >= 0.3 is 0 Å². The minimum absolute atomic E-state index is 0.00981. The third-order valence-electron chi connectivity index (χ3n) is 3.18. The van der Waals surface area contributed by atoms with Crippen molar-refractivity contribution in [2.24, 2.45) is 0 Å². The van der Waals surface area contributed by atoms with Crippen LogP contribution < -0.4 is 10.5 Å². The zero-order valence-corrected chi connectivity index (χ0v) is 13.8. The average Bonchev–Trinajstić information content (AvgIpc) is 2.42. The molecule has 0 bridgehead atoms. The standard InChI is InChI=1S/C14H14Cl2N2O2S/c1-8-6-7-11(9(2)14(8)17)18-21(19,20)12-5-3-4-10(15)13(12)16/h3-7,18H,17H2,1-2H3. The predicted octanol–water partition coefficient (Wildman–Crippen LogP) is 3.99. The Hall–Kier alpha value is -1.43. The van der Waals surface area contributed by atoms with Crippen molar-refractivity contribution in [1.82, 2.24) is 0 Å². The maximum Gasteiger partial charge on any atom is 0.263 e. The second-order valence-corrected chi connectivity index (χ2v) is 7.06. The molecule has 112 valence electrons. The smallest absolute Gasteiger partial charge is 0.263 e. The summed E-state index contributed by atoms with van der Waals surface area (Å²) in [5.41, 5.74) is 8.42. The van der Waals surface area contributed by atoms with E-state index < -0.39 is 10.0 Å². The first-order valence-electron chi connectivity index (χ1n) is 6.06. The van der Waals surface area contributed by atoms with Crippen LogP contribution >= 0.6 is 23.2 Å². The Morgan fingerprint density at radius 3 is 2.43 bits per heavy atom. The number of nitrogens with two attached hydrogens (primary N) is 1. The molecule has 2 aromatic carbocycles. The number of hydrogen-bond donors (Lipinski definition) is 2. The predicted molar refractivity (Wildman–Crippen MR) is 87.6 cm³/mol. The highest BCUT2D eigenvalue weighted by molar-refractivity contribution is 7.92. The van der Waals surface area contributed by atoms with Gasteiger partial charge in [0.2, 0.25) is 0 Å². The molecule has 4 nitrogen and oxygen atoms in total. The highest BCUT2D eigenvalue weighted by Crippen LogP contribution is 2.32. The molecule has 0 aliphatic carbocycles. The molecule has 21 heavy (non-hydrogen) atoms. The van der Waals surface area contributed by atoms with E-state index in [4.69, 9.17) is 28.9 Å². The third kappa shape index (κ3) is 3.10. The molecule has 0 spiro atoms. The maximum absolute atomic E-state index is 12.4. The number of aryl methyl sites for hydroxylation is 1. The molecule has 2 aromatic rings. The van der Waals surface area contributed by atoms with E-state index in [-0.39, 0.29) is 14.9 Å². The Bertz CT molecular complexity index is 805. The molecule has 0 radical (unpaired) electrons. The molecule has 0 fully saturated rings. The zero-order chi connectivity index (χ0) is 15.8. The Morgan fingerprint density at radius 1 is 1.10 bits per heavy atom. The average molecular weight is 345 g/mol. The van der Waals surface area contributed by atoms with Crippen LogP contribution in [0.15, 0.2) is 35.2 Å². The van der Waals surface area contributed by atoms with Crippen LogP contribution in [0.5, 0.6) is 0 Å². The van der Waals surface area contributed by atoms with Gasteiger partial charge in [-0.25, -0.2) is 8.42 Å². The van der Waals surface area contributed by atoms with E-state index in [1.54, 1.807) is 19.1 Å². The van der Waals surface area contributed by atoms with E-state index in [1.165, 1.54) is 18.2 Å². The number of rotatable bonds is 3. The molecule has 0 saturated heterocycles. The maximum atomic E-state index is 12.4. The molecule has 0 aromatic heterocycles. The van der Waals surface area contributed by atoms with Gasteiger partial charge in [-0.3, -0.25) is 4.72 Å². The molecule has 2 rings (SSSR count). The summed E-state index contributed by atoms with van der Waals surface area (Å²) in [6.07, 6.45) is 0. The number of anilines is 2. The van der Waals surface area contributed by atoms with Crippen molar-refractivity contribution in [3.8, 4) is 0 Å². The molecular weight excluding hydrogens is 331 g/mol. The third-order valence-corrected chi connectivity index (χ3v) is 5.52. The van der Waals surface area contributed by atoms with Crippen molar-refractivity contribution in [1.29, 1.82) is 0 Å². The highest BCUT2D eigenvalue weighted by atomic mass is 35.5. The van der Waals surface area contributed by atoms with Gasteiger partial charge in [0.1, 0.15) is 4.90 Å². The Morgan fingerprint density at radius 2 is 1.76 bits per heavy atom. The topological polar surface area (TPSA) is 72.2 Å². The lowest BCUT2D eigenvalue weighted by atomic mass is 10.1. The minimum atomic E-state index is -3.84. The van der Waals surface area contributed by atoms with Crippen LogP contribution in [0.3, 0.4) is 0 Å². The van der Waals surface area contributed by atoms with Crippen LogP contribution in [0.25, 0.3) is 0 Å². The lowest BCUT2D eigenvalue weighted by molar-refractivity contribution is 0.601. The second-order valence-electron chi connectivity index (χ2n) is 4.63. The molecule has 0 heterocycles. The molecule has 7 heteroatoms. The van der Waals surface area contributed by atoms with Crippen LogP contribution in [-0.2, 0) is 10.0 Å². The summed E-state index contributed by atoms with van der Waals surface area (Å²) in [6.45, 7) is 3.61. The molecule has 0 saturated carbocycles. The summed E-state index contributed by atoms with van der Waals surface area (Å²) in [7, 11) is -3.84. The van der Waals surface area contributed by atoms with E-state index in [1.807, 2.05) is 6.92 Å². The van der Waals surface area contributed by atoms with Gasteiger partial charge in [0.25, 0.3) is 10.0 Å². The fourth-order valence-corrected chi connectivity index (χ4v) is 3.75. The van der Waals surface area contributed by atoms with E-state index >= 15 is 0 Å². The minimum Gasteiger partial charge on any atom is -0.398 e. The van der Waals surface area contributed by atoms with Crippen LogP contribution in [0.4, 0.5) is 11.4 Å². The van der Waals surface area contributed by atoms with Crippen LogP contribution in [0.1, 0.15) is 11.1 Å². The summed E-state index contributed by atoms with van der Waals surface area (Å²) in [6, 6.07) is 7.86. The molecule has 0 aliphatic heterocycles. The van der Waals surface area contributed by atoms with Crippen molar-refractivity contribution < 1.29 is 8.42 Å². The largest absolute Gasteiger partial charge is 0.398 e. The van der Waals surface area contributed by atoms with E-state index in [0.29, 0.717) is 16.9 Å². The molecule has 0 atom stereocenters. The summed E-state index contributed by atoms with van der Waals surface area (Å²) in [5, 5.41) is 0.170. The molecule has 0 amide bonds. The van der Waals surface area contributed by atoms with Crippen molar-refractivity contribution in [3.05, 3.63) is 51.5 Å². The molecule has 3 N–H and O–H groups in total. The lowest BCUT2D eigenvalue weighted by Crippen LogP contribution is -2.15. The first-order valence-corrected chi connectivity index (χ1v) is 8.30. The normalized spacial score (nSPS) is 11.4. The van der Waals surface area contributed by atoms with E-state index in [2.05, 4.69) is 4.72 Å². The van der Waals surface area contributed by atoms with Gasteiger partial charge in [-0.05, 0) is 43.2 Å². The first-order chi connectivity index (χ1) is 9.74. The van der Waals surface area contributed by atoms with Gasteiger partial charge in [-0.2, -0.15) is 0 Å². The Kier molecular flexibility index (Phi) is 4.37. The van der Waals surface area contributed by atoms with Gasteiger partial charge in [0, 0.05) is 5.69 Å². The molecule has 0 unspecified atom stereocenters. The van der Waals surface area contributed by atoms with Gasteiger partial charge in [-0.15, -0.1) is 0 Å². The zero-order valence-electron chi connectivity index (χ0n) is 11.4. The number of hydrogen-bond acceptors (Lipinski definition) is 3. The van der Waals surface area contributed by atoms with E-state index in [9.17, 15) is 8.42 Å². The van der Waals surface area contributed by atoms with Crippen molar-refractivity contribution in [2.75, 3.05) is 10.5 Å². The number of nitrogen functional groups attached to an aromatic ring is 1. The van der Waals surface area contributed by atoms with Crippen molar-refractivity contribution in [3.63, 3.8) is 0 Å². The fraction of sp³-hybridized carbons (Fsp3) is 0.143. The monoisotopic (exact) mass is 344 g/mol. The summed E-state index contributed by atoms with van der Waals surface area (Å²) in [5.74, 6) is 0. The highest BCUT2D eigenvalue weighted by Gasteiger charge is 2.20. The van der Waals surface area contributed by atoms with Gasteiger partial charge in [0.05, 0.1) is 15.7 Å². The number of benzene rings is 2. The first kappa shape index (κ1) is 15.9. The molecule has 0 aliphatic rings. The SMILES string of the molecule is Cc1ccc(NS(=O)(=O)c2cccc(Cl)c2Cl)c(C)c1N. The number of halogens is 2. The van der Waals surface area contributed by atoms with Crippen LogP contribution in [-0.4, -0.2) is 8.42 Å².